The highest BCUT2D eigenvalue weighted by Gasteiger charge is 2.25. The van der Waals surface area contributed by atoms with Crippen LogP contribution < -0.4 is 10.2 Å². The Kier molecular flexibility index (Phi) is 3.04. The summed E-state index contributed by atoms with van der Waals surface area (Å²) in [6.07, 6.45) is 2.71. The van der Waals surface area contributed by atoms with Crippen molar-refractivity contribution in [3.63, 3.8) is 0 Å². The van der Waals surface area contributed by atoms with E-state index >= 15 is 0 Å². The topological polar surface area (TPSA) is 24.5 Å². The van der Waals surface area contributed by atoms with Gasteiger partial charge in [0.15, 0.2) is 0 Å². The van der Waals surface area contributed by atoms with Crippen LogP contribution in [0, 0.1) is 0 Å². The van der Waals surface area contributed by atoms with Gasteiger partial charge in [-0.15, -0.1) is 0 Å². The monoisotopic (exact) mass is 232 g/mol. The number of anilines is 1. The van der Waals surface area contributed by atoms with E-state index in [0.717, 1.165) is 39.0 Å². The Labute approximate surface area is 103 Å². The molecule has 1 aromatic carbocycles. The lowest BCUT2D eigenvalue weighted by Gasteiger charge is -2.26. The van der Waals surface area contributed by atoms with Crippen molar-refractivity contribution in [1.29, 1.82) is 0 Å². The van der Waals surface area contributed by atoms with Crippen LogP contribution in [-0.2, 0) is 17.7 Å². The van der Waals surface area contributed by atoms with Crippen molar-refractivity contribution in [2.24, 2.45) is 0 Å². The molecule has 1 saturated heterocycles. The lowest BCUT2D eigenvalue weighted by atomic mass is 9.99. The third kappa shape index (κ3) is 2.05. The van der Waals surface area contributed by atoms with Crippen molar-refractivity contribution in [3.05, 3.63) is 29.3 Å². The summed E-state index contributed by atoms with van der Waals surface area (Å²) in [7, 11) is 1.82. The SMILES string of the molecule is COC1CCN(c2cccc3c2CNCC3)C1. The van der Waals surface area contributed by atoms with Crippen LogP contribution in [0.1, 0.15) is 17.5 Å². The second-order valence-electron chi connectivity index (χ2n) is 4.93. The van der Waals surface area contributed by atoms with Crippen LogP contribution in [0.5, 0.6) is 0 Å². The lowest BCUT2D eigenvalue weighted by Crippen LogP contribution is -2.28. The summed E-state index contributed by atoms with van der Waals surface area (Å²) in [4.78, 5) is 2.47. The first-order valence-corrected chi connectivity index (χ1v) is 6.47. The molecule has 0 spiro atoms. The normalized spacial score (nSPS) is 23.8. The summed E-state index contributed by atoms with van der Waals surface area (Å²) in [5.74, 6) is 0. The van der Waals surface area contributed by atoms with Gasteiger partial charge in [-0.25, -0.2) is 0 Å². The number of nitrogens with one attached hydrogen (secondary N) is 1. The first kappa shape index (κ1) is 11.1. The minimum Gasteiger partial charge on any atom is -0.380 e. The average molecular weight is 232 g/mol. The zero-order chi connectivity index (χ0) is 11.7. The van der Waals surface area contributed by atoms with Crippen molar-refractivity contribution >= 4 is 5.69 Å². The third-order valence-electron chi connectivity index (χ3n) is 3.94. The van der Waals surface area contributed by atoms with E-state index in [-0.39, 0.29) is 0 Å². The Morgan fingerprint density at radius 1 is 1.41 bits per heavy atom. The molecule has 17 heavy (non-hydrogen) atoms. The van der Waals surface area contributed by atoms with E-state index in [1.807, 2.05) is 7.11 Å². The molecule has 0 aromatic heterocycles. The number of methoxy groups -OCH3 is 1. The number of rotatable bonds is 2. The second kappa shape index (κ2) is 4.67. The van der Waals surface area contributed by atoms with Crippen molar-refractivity contribution in [3.8, 4) is 0 Å². The molecule has 2 aliphatic heterocycles. The molecule has 3 rings (SSSR count). The fraction of sp³-hybridized carbons (Fsp3) is 0.571. The molecule has 1 unspecified atom stereocenters. The molecule has 1 N–H and O–H groups in total. The van der Waals surface area contributed by atoms with Crippen LogP contribution in [0.4, 0.5) is 5.69 Å². The van der Waals surface area contributed by atoms with Crippen molar-refractivity contribution < 1.29 is 4.74 Å². The van der Waals surface area contributed by atoms with Gasteiger partial charge in [0.25, 0.3) is 0 Å². The first-order valence-electron chi connectivity index (χ1n) is 6.47. The Hall–Kier alpha value is -1.06. The molecule has 0 radical (unpaired) electrons. The molecule has 3 heteroatoms. The van der Waals surface area contributed by atoms with Gasteiger partial charge in [-0.3, -0.25) is 0 Å². The maximum absolute atomic E-state index is 5.45. The predicted octanol–water partition coefficient (Wildman–Crippen LogP) is 1.56. The van der Waals surface area contributed by atoms with Crippen LogP contribution in [-0.4, -0.2) is 32.8 Å². The molecule has 3 nitrogen and oxygen atoms in total. The van der Waals surface area contributed by atoms with Gasteiger partial charge in [0.2, 0.25) is 0 Å². The average Bonchev–Trinajstić information content (AvgIpc) is 2.87. The van der Waals surface area contributed by atoms with Crippen LogP contribution in [0.3, 0.4) is 0 Å². The second-order valence-corrected chi connectivity index (χ2v) is 4.93. The lowest BCUT2D eigenvalue weighted by molar-refractivity contribution is 0.121. The zero-order valence-electron chi connectivity index (χ0n) is 10.4. The summed E-state index contributed by atoms with van der Waals surface area (Å²) in [6.45, 7) is 4.28. The van der Waals surface area contributed by atoms with Crippen molar-refractivity contribution in [1.82, 2.24) is 5.32 Å². The number of hydrogen-bond acceptors (Lipinski definition) is 3. The molecule has 0 bridgehead atoms. The molecular formula is C14H20N2O. The predicted molar refractivity (Wildman–Crippen MR) is 69.5 cm³/mol. The Morgan fingerprint density at radius 3 is 3.18 bits per heavy atom. The van der Waals surface area contributed by atoms with Crippen LogP contribution >= 0.6 is 0 Å². The van der Waals surface area contributed by atoms with Gasteiger partial charge < -0.3 is 15.0 Å². The zero-order valence-corrected chi connectivity index (χ0v) is 10.4. The first-order chi connectivity index (χ1) is 8.38. The van der Waals surface area contributed by atoms with E-state index < -0.39 is 0 Å². The quantitative estimate of drug-likeness (QED) is 0.837. The smallest absolute Gasteiger partial charge is 0.0762 e. The standard InChI is InChI=1S/C14H20N2O/c1-17-12-6-8-16(10-12)14-4-2-3-11-5-7-15-9-13(11)14/h2-4,12,15H,5-10H2,1H3. The largest absolute Gasteiger partial charge is 0.380 e. The Bertz CT molecular complexity index is 405. The number of ether oxygens (including phenoxy) is 1. The molecule has 92 valence electrons. The number of fused-ring (bicyclic) bond motifs is 1. The van der Waals surface area contributed by atoms with Gasteiger partial charge in [0.05, 0.1) is 6.10 Å². The molecule has 1 fully saturated rings. The van der Waals surface area contributed by atoms with Gasteiger partial charge in [-0.1, -0.05) is 12.1 Å². The summed E-state index contributed by atoms with van der Waals surface area (Å²) in [6, 6.07) is 6.72. The third-order valence-corrected chi connectivity index (χ3v) is 3.94. The molecule has 0 saturated carbocycles. The van der Waals surface area contributed by atoms with E-state index in [2.05, 4.69) is 28.4 Å². The van der Waals surface area contributed by atoms with Gasteiger partial charge in [0, 0.05) is 32.4 Å². The number of hydrogen-bond donors (Lipinski definition) is 1. The molecule has 0 aliphatic carbocycles. The van der Waals surface area contributed by atoms with Crippen LogP contribution in [0.15, 0.2) is 18.2 Å². The van der Waals surface area contributed by atoms with Gasteiger partial charge in [-0.05, 0) is 36.6 Å². The summed E-state index contributed by atoms with van der Waals surface area (Å²) < 4.78 is 5.45. The minimum absolute atomic E-state index is 0.405. The molecule has 2 heterocycles. The van der Waals surface area contributed by atoms with Crippen molar-refractivity contribution in [2.45, 2.75) is 25.5 Å². The molecule has 1 atom stereocenters. The molecule has 2 aliphatic rings. The molecule has 1 aromatic rings. The van der Waals surface area contributed by atoms with Crippen LogP contribution in [0.2, 0.25) is 0 Å². The van der Waals surface area contributed by atoms with Gasteiger partial charge >= 0.3 is 0 Å². The van der Waals surface area contributed by atoms with Crippen LogP contribution in [0.25, 0.3) is 0 Å². The van der Waals surface area contributed by atoms with E-state index in [1.165, 1.54) is 16.8 Å². The fourth-order valence-electron chi connectivity index (χ4n) is 2.93. The highest BCUT2D eigenvalue weighted by molar-refractivity contribution is 5.58. The highest BCUT2D eigenvalue weighted by Crippen LogP contribution is 2.29. The Balaban J connectivity index is 1.88. The summed E-state index contributed by atoms with van der Waals surface area (Å²) in [5.41, 5.74) is 4.42. The van der Waals surface area contributed by atoms with Gasteiger partial charge in [0.1, 0.15) is 0 Å². The molecular weight excluding hydrogens is 212 g/mol. The van der Waals surface area contributed by atoms with E-state index in [9.17, 15) is 0 Å². The summed E-state index contributed by atoms with van der Waals surface area (Å²) >= 11 is 0. The Morgan fingerprint density at radius 2 is 2.35 bits per heavy atom. The van der Waals surface area contributed by atoms with E-state index in [4.69, 9.17) is 4.74 Å². The summed E-state index contributed by atoms with van der Waals surface area (Å²) in [5, 5.41) is 3.47. The van der Waals surface area contributed by atoms with E-state index in [1.54, 1.807) is 0 Å². The number of benzene rings is 1. The van der Waals surface area contributed by atoms with Gasteiger partial charge in [-0.2, -0.15) is 0 Å². The number of nitrogens with zero attached hydrogens (tertiary/aromatic N) is 1. The highest BCUT2D eigenvalue weighted by atomic mass is 16.5. The maximum Gasteiger partial charge on any atom is 0.0762 e. The maximum atomic E-state index is 5.45. The molecule has 0 amide bonds. The fourth-order valence-corrected chi connectivity index (χ4v) is 2.93. The van der Waals surface area contributed by atoms with Crippen molar-refractivity contribution in [2.75, 3.05) is 31.6 Å². The van der Waals surface area contributed by atoms with E-state index in [0.29, 0.717) is 6.10 Å². The minimum atomic E-state index is 0.405.